The quantitative estimate of drug-likeness (QED) is 0.771. The Hall–Kier alpha value is -1.89. The van der Waals surface area contributed by atoms with Crippen LogP contribution in [0.2, 0.25) is 0 Å². The molecular formula is C12H13NO5S. The number of aliphatic carboxylic acids is 1. The van der Waals surface area contributed by atoms with Gasteiger partial charge in [0.05, 0.1) is 12.2 Å². The summed E-state index contributed by atoms with van der Waals surface area (Å²) in [5.74, 6) is 0.883. The Morgan fingerprint density at radius 2 is 2.11 bits per heavy atom. The molecule has 0 unspecified atom stereocenters. The van der Waals surface area contributed by atoms with Crippen LogP contribution in [-0.4, -0.2) is 35.3 Å². The third-order valence-electron chi connectivity index (χ3n) is 2.35. The fourth-order valence-corrected chi connectivity index (χ4v) is 2.22. The fraction of sp³-hybridized carbons (Fsp3) is 0.333. The first-order chi connectivity index (χ1) is 9.15. The van der Waals surface area contributed by atoms with Crippen LogP contribution in [0.3, 0.4) is 0 Å². The molecule has 1 heterocycles. The van der Waals surface area contributed by atoms with Crippen molar-refractivity contribution >= 4 is 29.3 Å². The molecule has 0 saturated carbocycles. The number of hydrogen-bond acceptors (Lipinski definition) is 5. The van der Waals surface area contributed by atoms with E-state index in [4.69, 9.17) is 14.6 Å². The van der Waals surface area contributed by atoms with E-state index in [9.17, 15) is 9.59 Å². The summed E-state index contributed by atoms with van der Waals surface area (Å²) in [6.45, 7) is 0.192. The highest BCUT2D eigenvalue weighted by Gasteiger charge is 2.14. The van der Waals surface area contributed by atoms with Gasteiger partial charge >= 0.3 is 5.97 Å². The molecule has 2 rings (SSSR count). The van der Waals surface area contributed by atoms with Crippen molar-refractivity contribution < 1.29 is 24.2 Å². The van der Waals surface area contributed by atoms with E-state index in [1.807, 2.05) is 0 Å². The van der Waals surface area contributed by atoms with Crippen molar-refractivity contribution in [2.75, 3.05) is 23.6 Å². The van der Waals surface area contributed by atoms with Crippen LogP contribution in [-0.2, 0) is 9.59 Å². The van der Waals surface area contributed by atoms with Crippen LogP contribution < -0.4 is 14.8 Å². The first-order valence-corrected chi connectivity index (χ1v) is 6.79. The van der Waals surface area contributed by atoms with Crippen LogP contribution in [0.15, 0.2) is 18.2 Å². The molecule has 1 amide bonds. The van der Waals surface area contributed by atoms with Crippen molar-refractivity contribution in [2.24, 2.45) is 0 Å². The molecule has 102 valence electrons. The number of carboxylic acid groups (broad SMARTS) is 1. The van der Waals surface area contributed by atoms with Crippen molar-refractivity contribution in [3.63, 3.8) is 0 Å². The summed E-state index contributed by atoms with van der Waals surface area (Å²) in [6.07, 6.45) is 0.0575. The van der Waals surface area contributed by atoms with Crippen LogP contribution in [0.5, 0.6) is 11.5 Å². The predicted octanol–water partition coefficient (Wildman–Crippen LogP) is 1.56. The Morgan fingerprint density at radius 3 is 2.89 bits per heavy atom. The van der Waals surface area contributed by atoms with Crippen LogP contribution in [0.1, 0.15) is 6.42 Å². The standard InChI is InChI=1S/C12H13NO5S/c14-11(6-19-4-3-12(15)16)13-8-1-2-9-10(5-8)18-7-17-9/h1-2,5H,3-4,6-7H2,(H,13,14)(H,15,16). The monoisotopic (exact) mass is 283 g/mol. The summed E-state index contributed by atoms with van der Waals surface area (Å²) < 4.78 is 10.4. The van der Waals surface area contributed by atoms with Crippen LogP contribution in [0.4, 0.5) is 5.69 Å². The number of rotatable bonds is 6. The maximum absolute atomic E-state index is 11.6. The van der Waals surface area contributed by atoms with Gasteiger partial charge in [-0.1, -0.05) is 0 Å². The fourth-order valence-electron chi connectivity index (χ4n) is 1.50. The Kier molecular flexibility index (Phi) is 4.51. The van der Waals surface area contributed by atoms with Gasteiger partial charge < -0.3 is 19.9 Å². The number of hydrogen-bond donors (Lipinski definition) is 2. The zero-order valence-corrected chi connectivity index (χ0v) is 10.9. The highest BCUT2D eigenvalue weighted by atomic mass is 32.2. The summed E-state index contributed by atoms with van der Waals surface area (Å²) in [7, 11) is 0. The third-order valence-corrected chi connectivity index (χ3v) is 3.31. The highest BCUT2D eigenvalue weighted by Crippen LogP contribution is 2.34. The second-order valence-corrected chi connectivity index (χ2v) is 4.92. The SMILES string of the molecule is O=C(O)CCSCC(=O)Nc1ccc2c(c1)OCO2. The van der Waals surface area contributed by atoms with Gasteiger partial charge in [0.25, 0.3) is 0 Å². The Morgan fingerprint density at radius 1 is 1.32 bits per heavy atom. The number of thioether (sulfide) groups is 1. The topological polar surface area (TPSA) is 84.9 Å². The lowest BCUT2D eigenvalue weighted by Gasteiger charge is -2.05. The molecule has 0 aliphatic carbocycles. The number of ether oxygens (including phenoxy) is 2. The zero-order chi connectivity index (χ0) is 13.7. The Labute approximate surface area is 114 Å². The molecule has 0 radical (unpaired) electrons. The van der Waals surface area contributed by atoms with Crippen molar-refractivity contribution in [3.8, 4) is 11.5 Å². The normalized spacial score (nSPS) is 12.2. The molecule has 19 heavy (non-hydrogen) atoms. The van der Waals surface area contributed by atoms with Gasteiger partial charge in [-0.25, -0.2) is 0 Å². The van der Waals surface area contributed by atoms with Gasteiger partial charge in [-0.15, -0.1) is 0 Å². The lowest BCUT2D eigenvalue weighted by Crippen LogP contribution is -2.14. The molecule has 1 aliphatic rings. The summed E-state index contributed by atoms with van der Waals surface area (Å²) in [5, 5.41) is 11.2. The average molecular weight is 283 g/mol. The molecule has 0 atom stereocenters. The molecule has 7 heteroatoms. The molecule has 0 aromatic heterocycles. The van der Waals surface area contributed by atoms with E-state index in [1.165, 1.54) is 11.8 Å². The van der Waals surface area contributed by atoms with Gasteiger partial charge in [0, 0.05) is 17.5 Å². The van der Waals surface area contributed by atoms with E-state index in [2.05, 4.69) is 5.32 Å². The number of carboxylic acids is 1. The minimum atomic E-state index is -0.858. The smallest absolute Gasteiger partial charge is 0.304 e. The zero-order valence-electron chi connectivity index (χ0n) is 10.0. The minimum Gasteiger partial charge on any atom is -0.481 e. The predicted molar refractivity (Wildman–Crippen MR) is 70.8 cm³/mol. The van der Waals surface area contributed by atoms with E-state index in [1.54, 1.807) is 18.2 Å². The number of fused-ring (bicyclic) bond motifs is 1. The lowest BCUT2D eigenvalue weighted by molar-refractivity contribution is -0.136. The van der Waals surface area contributed by atoms with Gasteiger partial charge in [-0.05, 0) is 12.1 Å². The maximum Gasteiger partial charge on any atom is 0.304 e. The van der Waals surface area contributed by atoms with Crippen molar-refractivity contribution in [1.82, 2.24) is 0 Å². The van der Waals surface area contributed by atoms with E-state index in [-0.39, 0.29) is 24.9 Å². The first kappa shape index (κ1) is 13.5. The van der Waals surface area contributed by atoms with Crippen molar-refractivity contribution in [2.45, 2.75) is 6.42 Å². The lowest BCUT2D eigenvalue weighted by atomic mass is 10.3. The van der Waals surface area contributed by atoms with Crippen LogP contribution >= 0.6 is 11.8 Å². The second-order valence-electron chi connectivity index (χ2n) is 3.81. The molecule has 0 fully saturated rings. The van der Waals surface area contributed by atoms with Gasteiger partial charge in [-0.2, -0.15) is 11.8 Å². The van der Waals surface area contributed by atoms with E-state index >= 15 is 0 Å². The third kappa shape index (κ3) is 4.06. The Bertz CT molecular complexity index is 491. The first-order valence-electron chi connectivity index (χ1n) is 5.64. The molecular weight excluding hydrogens is 270 g/mol. The van der Waals surface area contributed by atoms with Crippen LogP contribution in [0.25, 0.3) is 0 Å². The number of carbonyl (C=O) groups is 2. The number of anilines is 1. The number of carbonyl (C=O) groups excluding carboxylic acids is 1. The summed E-state index contributed by atoms with van der Waals surface area (Å²) in [6, 6.07) is 5.16. The summed E-state index contributed by atoms with van der Waals surface area (Å²) in [5.41, 5.74) is 0.632. The minimum absolute atomic E-state index is 0.0575. The van der Waals surface area contributed by atoms with Gasteiger partial charge in [-0.3, -0.25) is 9.59 Å². The number of benzene rings is 1. The molecule has 0 saturated heterocycles. The van der Waals surface area contributed by atoms with E-state index in [0.29, 0.717) is 22.9 Å². The summed E-state index contributed by atoms with van der Waals surface area (Å²) in [4.78, 5) is 21.9. The molecule has 1 aromatic carbocycles. The molecule has 0 bridgehead atoms. The molecule has 2 N–H and O–H groups in total. The van der Waals surface area contributed by atoms with E-state index in [0.717, 1.165) is 0 Å². The van der Waals surface area contributed by atoms with Crippen molar-refractivity contribution in [1.29, 1.82) is 0 Å². The average Bonchev–Trinajstić information content (AvgIpc) is 2.82. The largest absolute Gasteiger partial charge is 0.481 e. The molecule has 0 spiro atoms. The summed E-state index contributed by atoms with van der Waals surface area (Å²) >= 11 is 1.29. The Balaban J connectivity index is 1.77. The molecule has 1 aromatic rings. The van der Waals surface area contributed by atoms with Crippen LogP contribution in [0, 0.1) is 0 Å². The maximum atomic E-state index is 11.6. The highest BCUT2D eigenvalue weighted by molar-refractivity contribution is 7.99. The van der Waals surface area contributed by atoms with E-state index < -0.39 is 5.97 Å². The van der Waals surface area contributed by atoms with Crippen molar-refractivity contribution in [3.05, 3.63) is 18.2 Å². The number of amides is 1. The second kappa shape index (κ2) is 6.33. The number of nitrogens with one attached hydrogen (secondary N) is 1. The van der Waals surface area contributed by atoms with Gasteiger partial charge in [0.2, 0.25) is 12.7 Å². The van der Waals surface area contributed by atoms with Gasteiger partial charge in [0.15, 0.2) is 11.5 Å². The molecule has 1 aliphatic heterocycles. The molecule has 6 nitrogen and oxygen atoms in total. The van der Waals surface area contributed by atoms with Gasteiger partial charge in [0.1, 0.15) is 0 Å².